The number of nitrogen functional groups attached to an aromatic ring is 1. The highest BCUT2D eigenvalue weighted by Crippen LogP contribution is 2.19. The molecule has 5 heteroatoms. The van der Waals surface area contributed by atoms with Gasteiger partial charge in [-0.25, -0.2) is 4.98 Å². The number of H-pyrrole nitrogens is 1. The van der Waals surface area contributed by atoms with Gasteiger partial charge in [0.15, 0.2) is 5.16 Å². The Morgan fingerprint density at radius 3 is 3.07 bits per heavy atom. The maximum atomic E-state index is 5.66. The molecule has 0 spiro atoms. The fourth-order valence-electron chi connectivity index (χ4n) is 1.10. The highest BCUT2D eigenvalue weighted by molar-refractivity contribution is 7.98. The van der Waals surface area contributed by atoms with Gasteiger partial charge in [0, 0.05) is 11.4 Å². The van der Waals surface area contributed by atoms with Crippen molar-refractivity contribution < 1.29 is 0 Å². The summed E-state index contributed by atoms with van der Waals surface area (Å²) in [6.07, 6.45) is 1.50. The smallest absolute Gasteiger partial charge is 0.183 e. The van der Waals surface area contributed by atoms with Crippen molar-refractivity contribution in [1.82, 2.24) is 15.2 Å². The van der Waals surface area contributed by atoms with E-state index in [4.69, 9.17) is 5.73 Å². The highest BCUT2D eigenvalue weighted by atomic mass is 32.2. The van der Waals surface area contributed by atoms with Crippen LogP contribution in [0.4, 0.5) is 5.69 Å². The van der Waals surface area contributed by atoms with Crippen molar-refractivity contribution in [2.75, 3.05) is 5.73 Å². The fraction of sp³-hybridized carbons (Fsp3) is 0.111. The Bertz CT molecular complexity index is 399. The minimum absolute atomic E-state index is 0.792. The molecule has 0 saturated heterocycles. The Morgan fingerprint density at radius 2 is 2.36 bits per heavy atom. The maximum absolute atomic E-state index is 5.66. The zero-order chi connectivity index (χ0) is 9.80. The molecule has 0 bridgehead atoms. The second-order valence-electron chi connectivity index (χ2n) is 2.82. The predicted octanol–water partition coefficient (Wildman–Crippen LogP) is 1.68. The van der Waals surface area contributed by atoms with Gasteiger partial charge < -0.3 is 5.73 Å². The van der Waals surface area contributed by atoms with Gasteiger partial charge in [-0.05, 0) is 17.7 Å². The molecule has 0 fully saturated rings. The Labute approximate surface area is 85.9 Å². The van der Waals surface area contributed by atoms with E-state index in [1.54, 1.807) is 11.8 Å². The molecule has 4 nitrogen and oxygen atoms in total. The zero-order valence-electron chi connectivity index (χ0n) is 7.47. The molecule has 0 aliphatic rings. The van der Waals surface area contributed by atoms with Gasteiger partial charge in [-0.3, -0.25) is 5.10 Å². The number of nitrogens with two attached hydrogens (primary N) is 1. The van der Waals surface area contributed by atoms with Crippen LogP contribution in [0.1, 0.15) is 5.56 Å². The zero-order valence-corrected chi connectivity index (χ0v) is 8.29. The highest BCUT2D eigenvalue weighted by Gasteiger charge is 1.98. The molecule has 1 aromatic heterocycles. The molecule has 0 aliphatic carbocycles. The first-order valence-electron chi connectivity index (χ1n) is 4.17. The number of benzene rings is 1. The monoisotopic (exact) mass is 206 g/mol. The van der Waals surface area contributed by atoms with Crippen LogP contribution in [0.2, 0.25) is 0 Å². The fourth-order valence-corrected chi connectivity index (χ4v) is 1.82. The summed E-state index contributed by atoms with van der Waals surface area (Å²) < 4.78 is 0. The van der Waals surface area contributed by atoms with Crippen LogP contribution in [0.3, 0.4) is 0 Å². The van der Waals surface area contributed by atoms with Crippen molar-refractivity contribution in [2.45, 2.75) is 10.9 Å². The van der Waals surface area contributed by atoms with E-state index in [0.717, 1.165) is 16.6 Å². The number of hydrogen-bond donors (Lipinski definition) is 2. The number of rotatable bonds is 3. The first kappa shape index (κ1) is 9.08. The Balaban J connectivity index is 1.98. The van der Waals surface area contributed by atoms with Gasteiger partial charge in [0.25, 0.3) is 0 Å². The third-order valence-electron chi connectivity index (χ3n) is 1.72. The predicted molar refractivity (Wildman–Crippen MR) is 56.8 cm³/mol. The Morgan fingerprint density at radius 1 is 1.43 bits per heavy atom. The SMILES string of the molecule is Nc1cccc(CSc2ncn[nH]2)c1. The van der Waals surface area contributed by atoms with E-state index in [-0.39, 0.29) is 0 Å². The molecule has 0 radical (unpaired) electrons. The number of nitrogens with zero attached hydrogens (tertiary/aromatic N) is 2. The molecule has 0 aliphatic heterocycles. The van der Waals surface area contributed by atoms with Crippen molar-refractivity contribution in [2.24, 2.45) is 0 Å². The average molecular weight is 206 g/mol. The molecule has 14 heavy (non-hydrogen) atoms. The second-order valence-corrected chi connectivity index (χ2v) is 3.79. The van der Waals surface area contributed by atoms with Crippen LogP contribution in [0.25, 0.3) is 0 Å². The van der Waals surface area contributed by atoms with Crippen LogP contribution in [-0.4, -0.2) is 15.2 Å². The molecule has 0 amide bonds. The van der Waals surface area contributed by atoms with E-state index < -0.39 is 0 Å². The molecule has 1 aromatic carbocycles. The lowest BCUT2D eigenvalue weighted by Gasteiger charge is -1.99. The number of aromatic nitrogens is 3. The second kappa shape index (κ2) is 4.15. The van der Waals surface area contributed by atoms with Crippen molar-refractivity contribution in [3.63, 3.8) is 0 Å². The molecule has 3 N–H and O–H groups in total. The number of thioether (sulfide) groups is 1. The summed E-state index contributed by atoms with van der Waals surface area (Å²) in [4.78, 5) is 4.02. The molecule has 2 aromatic rings. The average Bonchev–Trinajstić information content (AvgIpc) is 2.67. The number of hydrogen-bond acceptors (Lipinski definition) is 4. The van der Waals surface area contributed by atoms with Gasteiger partial charge in [0.1, 0.15) is 6.33 Å². The lowest BCUT2D eigenvalue weighted by Crippen LogP contribution is -1.87. The molecule has 0 unspecified atom stereocenters. The first-order chi connectivity index (χ1) is 6.84. The lowest BCUT2D eigenvalue weighted by molar-refractivity contribution is 0.973. The van der Waals surface area contributed by atoms with Gasteiger partial charge in [0.2, 0.25) is 0 Å². The quantitative estimate of drug-likeness (QED) is 0.592. The molecular weight excluding hydrogens is 196 g/mol. The van der Waals surface area contributed by atoms with E-state index >= 15 is 0 Å². The van der Waals surface area contributed by atoms with E-state index in [1.807, 2.05) is 24.3 Å². The van der Waals surface area contributed by atoms with Crippen molar-refractivity contribution in [1.29, 1.82) is 0 Å². The van der Waals surface area contributed by atoms with E-state index in [0.29, 0.717) is 0 Å². The summed E-state index contributed by atoms with van der Waals surface area (Å²) in [7, 11) is 0. The third-order valence-corrected chi connectivity index (χ3v) is 2.67. The van der Waals surface area contributed by atoms with Gasteiger partial charge in [-0.1, -0.05) is 23.9 Å². The summed E-state index contributed by atoms with van der Waals surface area (Å²) in [5, 5.41) is 7.39. The number of anilines is 1. The maximum Gasteiger partial charge on any atom is 0.183 e. The molecular formula is C9H10N4S. The molecule has 72 valence electrons. The third kappa shape index (κ3) is 2.26. The largest absolute Gasteiger partial charge is 0.399 e. The van der Waals surface area contributed by atoms with Gasteiger partial charge in [0.05, 0.1) is 0 Å². The normalized spacial score (nSPS) is 10.3. The summed E-state index contributed by atoms with van der Waals surface area (Å²) in [5.41, 5.74) is 7.64. The number of nitrogens with one attached hydrogen (secondary N) is 1. The van der Waals surface area contributed by atoms with Crippen LogP contribution in [0.15, 0.2) is 35.7 Å². The van der Waals surface area contributed by atoms with Crippen molar-refractivity contribution in [3.8, 4) is 0 Å². The summed E-state index contributed by atoms with van der Waals surface area (Å²) in [5.74, 6) is 0.847. The van der Waals surface area contributed by atoms with Crippen molar-refractivity contribution >= 4 is 17.4 Å². The Kier molecular flexibility index (Phi) is 2.69. The van der Waals surface area contributed by atoms with Crippen LogP contribution in [0.5, 0.6) is 0 Å². The van der Waals surface area contributed by atoms with E-state index in [1.165, 1.54) is 11.9 Å². The number of aromatic amines is 1. The molecule has 1 heterocycles. The minimum atomic E-state index is 0.792. The lowest BCUT2D eigenvalue weighted by atomic mass is 10.2. The molecule has 2 rings (SSSR count). The topological polar surface area (TPSA) is 67.6 Å². The summed E-state index contributed by atoms with van der Waals surface area (Å²) in [6.45, 7) is 0. The van der Waals surface area contributed by atoms with Crippen LogP contribution >= 0.6 is 11.8 Å². The summed E-state index contributed by atoms with van der Waals surface area (Å²) in [6, 6.07) is 7.83. The minimum Gasteiger partial charge on any atom is -0.399 e. The van der Waals surface area contributed by atoms with Gasteiger partial charge in [-0.2, -0.15) is 5.10 Å². The van der Waals surface area contributed by atoms with Crippen LogP contribution in [0, 0.1) is 0 Å². The molecule has 0 saturated carbocycles. The van der Waals surface area contributed by atoms with Gasteiger partial charge in [-0.15, -0.1) is 0 Å². The standard InChI is InChI=1S/C9H10N4S/c10-8-3-1-2-7(4-8)5-14-9-11-6-12-13-9/h1-4,6H,5,10H2,(H,11,12,13). The Hall–Kier alpha value is -1.49. The van der Waals surface area contributed by atoms with Crippen molar-refractivity contribution in [3.05, 3.63) is 36.2 Å². The van der Waals surface area contributed by atoms with Crippen LogP contribution < -0.4 is 5.73 Å². The molecule has 0 atom stereocenters. The first-order valence-corrected chi connectivity index (χ1v) is 5.16. The summed E-state index contributed by atoms with van der Waals surface area (Å²) >= 11 is 1.60. The van der Waals surface area contributed by atoms with E-state index in [2.05, 4.69) is 15.2 Å². The van der Waals surface area contributed by atoms with Crippen LogP contribution in [-0.2, 0) is 5.75 Å². The van der Waals surface area contributed by atoms with E-state index in [9.17, 15) is 0 Å². The van der Waals surface area contributed by atoms with Gasteiger partial charge >= 0.3 is 0 Å².